The van der Waals surface area contributed by atoms with Crippen LogP contribution in [0.25, 0.3) is 33.4 Å². The van der Waals surface area contributed by atoms with Gasteiger partial charge in [-0.25, -0.2) is 10.4 Å². The molecule has 2 saturated heterocycles. The van der Waals surface area contributed by atoms with Gasteiger partial charge in [0.1, 0.15) is 12.1 Å². The fourth-order valence-corrected chi connectivity index (χ4v) is 10.7. The number of thiazole rings is 1. The Bertz CT molecular complexity index is 2390. The lowest BCUT2D eigenvalue weighted by Crippen LogP contribution is -2.61. The van der Waals surface area contributed by atoms with Crippen LogP contribution in [0.5, 0.6) is 0 Å². The van der Waals surface area contributed by atoms with Gasteiger partial charge in [0.15, 0.2) is 0 Å². The van der Waals surface area contributed by atoms with E-state index >= 15 is 0 Å². The average molecular weight is 862 g/mol. The largest absolute Gasteiger partial charge is 0.464 e. The van der Waals surface area contributed by atoms with Gasteiger partial charge in [-0.05, 0) is 82.6 Å². The first-order valence-corrected chi connectivity index (χ1v) is 23.4. The quantitative estimate of drug-likeness (QED) is 0.199. The van der Waals surface area contributed by atoms with Crippen molar-refractivity contribution in [3.05, 3.63) is 52.1 Å². The van der Waals surface area contributed by atoms with Gasteiger partial charge >= 0.3 is 5.97 Å². The van der Waals surface area contributed by atoms with E-state index in [1.54, 1.807) is 7.11 Å². The summed E-state index contributed by atoms with van der Waals surface area (Å²) in [6.07, 6.45) is 7.52. The second kappa shape index (κ2) is 17.4. The second-order valence-electron chi connectivity index (χ2n) is 18.6. The summed E-state index contributed by atoms with van der Waals surface area (Å²) >= 11 is 1.45. The Morgan fingerprint density at radius 2 is 1.92 bits per heavy atom. The fraction of sp³-hybridized carbons (Fsp3) is 0.574. The van der Waals surface area contributed by atoms with Crippen LogP contribution in [0.2, 0.25) is 0 Å². The van der Waals surface area contributed by atoms with Gasteiger partial charge in [-0.3, -0.25) is 29.3 Å². The third kappa shape index (κ3) is 8.34. The van der Waals surface area contributed by atoms with Crippen molar-refractivity contribution in [2.45, 2.75) is 110 Å². The number of aryl methyl sites for hydroxylation is 1. The molecule has 1 unspecified atom stereocenters. The summed E-state index contributed by atoms with van der Waals surface area (Å²) in [6, 6.07) is 10.1. The topological polar surface area (TPSA) is 158 Å². The van der Waals surface area contributed by atoms with E-state index in [9.17, 15) is 19.6 Å². The van der Waals surface area contributed by atoms with Gasteiger partial charge in [0.05, 0.1) is 64.6 Å². The highest BCUT2D eigenvalue weighted by Crippen LogP contribution is 2.43. The van der Waals surface area contributed by atoms with E-state index in [2.05, 4.69) is 83.1 Å². The van der Waals surface area contributed by atoms with E-state index in [0.29, 0.717) is 50.2 Å². The number of cyclic esters (lactones) is 1. The number of nitrogens with one attached hydrogen (secondary N) is 2. The Kier molecular flexibility index (Phi) is 11.9. The molecule has 2 aliphatic carbocycles. The first kappa shape index (κ1) is 42.4. The van der Waals surface area contributed by atoms with Crippen LogP contribution in [0.4, 0.5) is 5.69 Å². The van der Waals surface area contributed by atoms with E-state index in [1.165, 1.54) is 29.2 Å². The summed E-state index contributed by atoms with van der Waals surface area (Å²) in [7, 11) is 1.73. The van der Waals surface area contributed by atoms with Crippen LogP contribution in [-0.4, -0.2) is 107 Å². The van der Waals surface area contributed by atoms with E-state index in [4.69, 9.17) is 19.4 Å². The Hall–Kier alpha value is -4.88. The molecule has 6 bridgehead atoms. The van der Waals surface area contributed by atoms with Gasteiger partial charge in [0.2, 0.25) is 5.91 Å². The van der Waals surface area contributed by atoms with E-state index in [1.807, 2.05) is 11.6 Å². The van der Waals surface area contributed by atoms with Crippen molar-refractivity contribution in [1.82, 2.24) is 35.2 Å². The number of hydrogen-bond donors (Lipinski definition) is 2. The maximum Gasteiger partial charge on any atom is 0.324 e. The van der Waals surface area contributed by atoms with Crippen LogP contribution in [0.1, 0.15) is 88.6 Å². The molecular weight excluding hydrogens is 803 g/mol. The Morgan fingerprint density at radius 3 is 2.63 bits per heavy atom. The van der Waals surface area contributed by atoms with Gasteiger partial charge in [-0.2, -0.15) is 5.26 Å². The van der Waals surface area contributed by atoms with Crippen molar-refractivity contribution in [3.8, 4) is 28.6 Å². The number of fused-ring (bicyclic) bond motifs is 6. The van der Waals surface area contributed by atoms with Crippen molar-refractivity contribution in [3.63, 3.8) is 0 Å². The Labute approximate surface area is 367 Å². The molecule has 4 aromatic rings. The molecule has 4 fully saturated rings. The van der Waals surface area contributed by atoms with Crippen LogP contribution < -0.4 is 15.6 Å². The number of pyridine rings is 1. The number of carbonyl (C=O) groups is 3. The number of nitrogens with zero attached hydrogens (tertiary/aromatic N) is 7. The number of rotatable bonds is 8. The zero-order valence-electron chi connectivity index (χ0n) is 36.6. The highest BCUT2D eigenvalue weighted by Gasteiger charge is 2.41. The first-order valence-electron chi connectivity index (χ1n) is 22.5. The number of esters is 1. The molecule has 2 saturated carbocycles. The molecule has 0 radical (unpaired) electrons. The number of aromatic nitrogens is 3. The number of methoxy groups -OCH3 is 1. The molecule has 2 amide bonds. The number of carbonyl (C=O) groups excluding carboxylic acids is 3. The molecule has 3 aliphatic heterocycles. The Morgan fingerprint density at radius 1 is 1.11 bits per heavy atom. The number of hydrogen-bond acceptors (Lipinski definition) is 12. The van der Waals surface area contributed by atoms with Crippen LogP contribution in [0, 0.1) is 28.6 Å². The SMILES string of the molecule is CCn1c(-c2cc(N3CCN(C4CC4)CC3)cnc2[C@H](C)OC)c2c3cc(ccc31)-c1csc(n1)C[C@H](NC(=O)[C@@H]1CCC1C#N)C(=O)N1CCC[C@H](N1)C(=O)OCC(C)(C)C2. The smallest absolute Gasteiger partial charge is 0.324 e. The summed E-state index contributed by atoms with van der Waals surface area (Å²) in [4.78, 5) is 56.9. The summed E-state index contributed by atoms with van der Waals surface area (Å²) < 4.78 is 14.5. The Balaban J connectivity index is 1.14. The predicted octanol–water partition coefficient (Wildman–Crippen LogP) is 6.04. The monoisotopic (exact) mass is 861 g/mol. The van der Waals surface area contributed by atoms with Crippen molar-refractivity contribution in [2.24, 2.45) is 17.3 Å². The molecule has 15 heteroatoms. The normalized spacial score (nSPS) is 25.1. The molecule has 9 rings (SSSR count). The first-order chi connectivity index (χ1) is 29.9. The third-order valence-corrected chi connectivity index (χ3v) is 14.6. The van der Waals surface area contributed by atoms with E-state index in [0.717, 1.165) is 82.6 Å². The van der Waals surface area contributed by atoms with Gasteiger partial charge < -0.3 is 24.3 Å². The molecule has 1 aromatic carbocycles. The molecule has 5 atom stereocenters. The number of nitriles is 1. The van der Waals surface area contributed by atoms with E-state index in [-0.39, 0.29) is 36.9 Å². The summed E-state index contributed by atoms with van der Waals surface area (Å²) in [5.74, 6) is -1.88. The molecule has 2 N–H and O–H groups in total. The number of piperazine rings is 1. The minimum atomic E-state index is -0.938. The lowest BCUT2D eigenvalue weighted by Gasteiger charge is -2.36. The molecule has 14 nitrogen and oxygen atoms in total. The molecule has 328 valence electrons. The second-order valence-corrected chi connectivity index (χ2v) is 19.6. The van der Waals surface area contributed by atoms with Gasteiger partial charge in [-0.15, -0.1) is 11.3 Å². The molecular formula is C47H59N9O5S. The lowest BCUT2D eigenvalue weighted by molar-refractivity contribution is -0.155. The number of anilines is 1. The zero-order chi connectivity index (χ0) is 43.3. The summed E-state index contributed by atoms with van der Waals surface area (Å²) in [6.45, 7) is 13.8. The molecule has 3 aromatic heterocycles. The third-order valence-electron chi connectivity index (χ3n) is 13.7. The fourth-order valence-electron chi connectivity index (χ4n) is 9.81. The number of amides is 2. The van der Waals surface area contributed by atoms with Crippen molar-refractivity contribution >= 4 is 45.7 Å². The van der Waals surface area contributed by atoms with Crippen LogP contribution >= 0.6 is 11.3 Å². The highest BCUT2D eigenvalue weighted by atomic mass is 32.1. The predicted molar refractivity (Wildman–Crippen MR) is 238 cm³/mol. The molecule has 62 heavy (non-hydrogen) atoms. The van der Waals surface area contributed by atoms with Gasteiger partial charge in [-0.1, -0.05) is 19.9 Å². The van der Waals surface area contributed by atoms with E-state index < -0.39 is 29.4 Å². The minimum Gasteiger partial charge on any atom is -0.464 e. The zero-order valence-corrected chi connectivity index (χ0v) is 37.4. The lowest BCUT2D eigenvalue weighted by atomic mass is 9.74. The van der Waals surface area contributed by atoms with Crippen LogP contribution in [0.3, 0.4) is 0 Å². The number of benzene rings is 1. The van der Waals surface area contributed by atoms with Crippen LogP contribution in [0.15, 0.2) is 35.8 Å². The summed E-state index contributed by atoms with van der Waals surface area (Å²) in [5, 5.41) is 17.8. The molecule has 6 heterocycles. The van der Waals surface area contributed by atoms with Gasteiger partial charge in [0.25, 0.3) is 5.91 Å². The standard InChI is InChI=1S/C47H59N9O5S/c1-6-55-40-14-10-29-20-34(40)36(43(55)35-21-32(25-49-42(35)28(2)60-5)54-18-16-53(17-19-54)31-11-12-31)23-47(3,4)27-61-46(59)37-8-7-15-56(52-37)45(58)38(22-41-50-39(29)26-62-41)51-44(57)33-13-9-30(33)24-48/h10,14,20-21,25-26,28,30-31,33,37-38,52H,6-9,11-13,15-19,22-23,27H2,1-5H3,(H,51,57)/t28-,30?,33+,37-,38-/m0/s1. The highest BCUT2D eigenvalue weighted by molar-refractivity contribution is 7.10. The van der Waals surface area contributed by atoms with Crippen molar-refractivity contribution in [1.29, 1.82) is 5.26 Å². The van der Waals surface area contributed by atoms with Crippen LogP contribution in [-0.2, 0) is 43.2 Å². The molecule has 0 spiro atoms. The minimum absolute atomic E-state index is 0.163. The average Bonchev–Trinajstić information content (AvgIpc) is 3.95. The molecule has 5 aliphatic rings. The summed E-state index contributed by atoms with van der Waals surface area (Å²) in [5.41, 5.74) is 10.7. The van der Waals surface area contributed by atoms with Crippen molar-refractivity contribution in [2.75, 3.05) is 51.3 Å². The number of hydrazine groups is 1. The van der Waals surface area contributed by atoms with Gasteiger partial charge in [0, 0.05) is 91.7 Å². The maximum atomic E-state index is 14.2. The maximum absolute atomic E-state index is 14.2. The number of ether oxygens (including phenoxy) is 2. The van der Waals surface area contributed by atoms with Crippen molar-refractivity contribution < 1.29 is 23.9 Å².